The molecule has 0 saturated heterocycles. The van der Waals surface area contributed by atoms with Gasteiger partial charge < -0.3 is 10.1 Å². The molecular formula is C15H15BrClNO. The van der Waals surface area contributed by atoms with Crippen LogP contribution in [-0.4, -0.2) is 7.05 Å². The molecule has 19 heavy (non-hydrogen) atoms. The molecule has 0 spiro atoms. The topological polar surface area (TPSA) is 21.3 Å². The lowest BCUT2D eigenvalue weighted by molar-refractivity contribution is 0.470. The van der Waals surface area contributed by atoms with Crippen molar-refractivity contribution in [1.29, 1.82) is 0 Å². The SMILES string of the molecule is CNCc1cc(Cl)ccc1Oc1cc(Br)ccc1C. The summed E-state index contributed by atoms with van der Waals surface area (Å²) in [6.07, 6.45) is 0. The average Bonchev–Trinajstić information content (AvgIpc) is 2.37. The summed E-state index contributed by atoms with van der Waals surface area (Å²) in [7, 11) is 1.90. The lowest BCUT2D eigenvalue weighted by Crippen LogP contribution is -2.06. The summed E-state index contributed by atoms with van der Waals surface area (Å²) in [6.45, 7) is 2.73. The van der Waals surface area contributed by atoms with Crippen LogP contribution < -0.4 is 10.1 Å². The van der Waals surface area contributed by atoms with Gasteiger partial charge in [0.1, 0.15) is 11.5 Å². The predicted octanol–water partition coefficient (Wildman–Crippen LogP) is 4.92. The van der Waals surface area contributed by atoms with Gasteiger partial charge in [0.05, 0.1) is 0 Å². The van der Waals surface area contributed by atoms with Crippen LogP contribution in [0.15, 0.2) is 40.9 Å². The maximum absolute atomic E-state index is 6.02. The van der Waals surface area contributed by atoms with Gasteiger partial charge in [-0.2, -0.15) is 0 Å². The highest BCUT2D eigenvalue weighted by Gasteiger charge is 2.08. The van der Waals surface area contributed by atoms with Crippen molar-refractivity contribution in [2.75, 3.05) is 7.05 Å². The highest BCUT2D eigenvalue weighted by Crippen LogP contribution is 2.31. The number of hydrogen-bond acceptors (Lipinski definition) is 2. The fourth-order valence-corrected chi connectivity index (χ4v) is 2.31. The van der Waals surface area contributed by atoms with Crippen LogP contribution in [0.5, 0.6) is 11.5 Å². The van der Waals surface area contributed by atoms with E-state index in [4.69, 9.17) is 16.3 Å². The van der Waals surface area contributed by atoms with Crippen LogP contribution >= 0.6 is 27.5 Å². The zero-order chi connectivity index (χ0) is 13.8. The molecule has 0 saturated carbocycles. The van der Waals surface area contributed by atoms with Crippen LogP contribution in [0.4, 0.5) is 0 Å². The van der Waals surface area contributed by atoms with E-state index in [0.29, 0.717) is 11.6 Å². The van der Waals surface area contributed by atoms with Crippen LogP contribution in [0.25, 0.3) is 0 Å². The van der Waals surface area contributed by atoms with Gasteiger partial charge in [-0.05, 0) is 49.9 Å². The molecule has 1 N–H and O–H groups in total. The number of nitrogens with one attached hydrogen (secondary N) is 1. The third-order valence-electron chi connectivity index (χ3n) is 2.76. The molecule has 0 aliphatic rings. The summed E-state index contributed by atoms with van der Waals surface area (Å²) in [4.78, 5) is 0. The smallest absolute Gasteiger partial charge is 0.132 e. The second kappa shape index (κ2) is 6.42. The van der Waals surface area contributed by atoms with Crippen LogP contribution in [-0.2, 0) is 6.54 Å². The highest BCUT2D eigenvalue weighted by atomic mass is 79.9. The molecule has 0 fully saturated rings. The van der Waals surface area contributed by atoms with Crippen LogP contribution in [0.3, 0.4) is 0 Å². The van der Waals surface area contributed by atoms with Gasteiger partial charge in [-0.15, -0.1) is 0 Å². The van der Waals surface area contributed by atoms with E-state index in [9.17, 15) is 0 Å². The van der Waals surface area contributed by atoms with Crippen molar-refractivity contribution in [3.63, 3.8) is 0 Å². The Morgan fingerprint density at radius 3 is 2.68 bits per heavy atom. The molecule has 0 aliphatic carbocycles. The monoisotopic (exact) mass is 339 g/mol. The number of ether oxygens (including phenoxy) is 1. The van der Waals surface area contributed by atoms with E-state index in [1.807, 2.05) is 50.4 Å². The van der Waals surface area contributed by atoms with E-state index < -0.39 is 0 Å². The van der Waals surface area contributed by atoms with Gasteiger partial charge >= 0.3 is 0 Å². The molecule has 0 amide bonds. The first-order valence-corrected chi connectivity index (χ1v) is 7.14. The number of aryl methyl sites for hydroxylation is 1. The third-order valence-corrected chi connectivity index (χ3v) is 3.49. The van der Waals surface area contributed by atoms with E-state index in [0.717, 1.165) is 27.1 Å². The first-order valence-electron chi connectivity index (χ1n) is 5.97. The second-order valence-corrected chi connectivity index (χ2v) is 5.65. The van der Waals surface area contributed by atoms with Gasteiger partial charge in [0.15, 0.2) is 0 Å². The molecule has 0 aliphatic heterocycles. The van der Waals surface area contributed by atoms with E-state index in [2.05, 4.69) is 21.2 Å². The Hall–Kier alpha value is -1.03. The van der Waals surface area contributed by atoms with Crippen molar-refractivity contribution in [2.45, 2.75) is 13.5 Å². The molecular weight excluding hydrogens is 326 g/mol. The maximum atomic E-state index is 6.02. The van der Waals surface area contributed by atoms with Crippen molar-refractivity contribution < 1.29 is 4.74 Å². The number of hydrogen-bond donors (Lipinski definition) is 1. The van der Waals surface area contributed by atoms with Gasteiger partial charge in [-0.3, -0.25) is 0 Å². The van der Waals surface area contributed by atoms with E-state index >= 15 is 0 Å². The molecule has 0 radical (unpaired) electrons. The Morgan fingerprint density at radius 2 is 1.95 bits per heavy atom. The van der Waals surface area contributed by atoms with Crippen molar-refractivity contribution in [2.24, 2.45) is 0 Å². The highest BCUT2D eigenvalue weighted by molar-refractivity contribution is 9.10. The molecule has 0 heterocycles. The van der Waals surface area contributed by atoms with Crippen LogP contribution in [0, 0.1) is 6.92 Å². The number of rotatable bonds is 4. The summed E-state index contributed by atoms with van der Waals surface area (Å²) in [5.74, 6) is 1.66. The Kier molecular flexibility index (Phi) is 4.86. The van der Waals surface area contributed by atoms with Crippen LogP contribution in [0.1, 0.15) is 11.1 Å². The summed E-state index contributed by atoms with van der Waals surface area (Å²) in [5.41, 5.74) is 2.13. The van der Waals surface area contributed by atoms with Gasteiger partial charge in [0.25, 0.3) is 0 Å². The van der Waals surface area contributed by atoms with Gasteiger partial charge in [-0.25, -0.2) is 0 Å². The first kappa shape index (κ1) is 14.4. The Labute approximate surface area is 126 Å². The Balaban J connectivity index is 2.34. The quantitative estimate of drug-likeness (QED) is 0.852. The van der Waals surface area contributed by atoms with E-state index in [1.54, 1.807) is 0 Å². The predicted molar refractivity (Wildman–Crippen MR) is 83.2 cm³/mol. The number of benzene rings is 2. The first-order chi connectivity index (χ1) is 9.10. The normalized spacial score (nSPS) is 10.5. The van der Waals surface area contributed by atoms with Crippen molar-refractivity contribution in [1.82, 2.24) is 5.32 Å². The van der Waals surface area contributed by atoms with Gasteiger partial charge in [0.2, 0.25) is 0 Å². The molecule has 0 bridgehead atoms. The zero-order valence-electron chi connectivity index (χ0n) is 10.8. The summed E-state index contributed by atoms with van der Waals surface area (Å²) in [5, 5.41) is 3.83. The fraction of sp³-hybridized carbons (Fsp3) is 0.200. The van der Waals surface area contributed by atoms with Crippen molar-refractivity contribution in [3.8, 4) is 11.5 Å². The molecule has 0 aromatic heterocycles. The summed E-state index contributed by atoms with van der Waals surface area (Å²) in [6, 6.07) is 11.6. The lowest BCUT2D eigenvalue weighted by Gasteiger charge is -2.13. The van der Waals surface area contributed by atoms with Crippen molar-refractivity contribution in [3.05, 3.63) is 57.0 Å². The average molecular weight is 341 g/mol. The van der Waals surface area contributed by atoms with Crippen LogP contribution in [0.2, 0.25) is 5.02 Å². The Morgan fingerprint density at radius 1 is 1.16 bits per heavy atom. The molecule has 100 valence electrons. The molecule has 2 aromatic rings. The second-order valence-electron chi connectivity index (χ2n) is 4.29. The molecule has 2 nitrogen and oxygen atoms in total. The lowest BCUT2D eigenvalue weighted by atomic mass is 10.2. The maximum Gasteiger partial charge on any atom is 0.132 e. The van der Waals surface area contributed by atoms with Gasteiger partial charge in [-0.1, -0.05) is 33.6 Å². The molecule has 0 unspecified atom stereocenters. The standard InChI is InChI=1S/C15H15BrClNO/c1-10-3-4-12(16)8-15(10)19-14-6-5-13(17)7-11(14)9-18-2/h3-8,18H,9H2,1-2H3. The Bertz CT molecular complexity index is 586. The zero-order valence-corrected chi connectivity index (χ0v) is 13.2. The minimum atomic E-state index is 0.711. The summed E-state index contributed by atoms with van der Waals surface area (Å²) < 4.78 is 7.00. The minimum absolute atomic E-state index is 0.711. The summed E-state index contributed by atoms with van der Waals surface area (Å²) >= 11 is 9.48. The van der Waals surface area contributed by atoms with E-state index in [1.165, 1.54) is 0 Å². The molecule has 2 rings (SSSR count). The van der Waals surface area contributed by atoms with Crippen molar-refractivity contribution >= 4 is 27.5 Å². The molecule has 2 aromatic carbocycles. The fourth-order valence-electron chi connectivity index (χ4n) is 1.78. The molecule has 4 heteroatoms. The largest absolute Gasteiger partial charge is 0.457 e. The third kappa shape index (κ3) is 3.72. The molecule has 0 atom stereocenters. The number of halogens is 2. The van der Waals surface area contributed by atoms with E-state index in [-0.39, 0.29) is 0 Å². The van der Waals surface area contributed by atoms with Gasteiger partial charge in [0, 0.05) is 21.6 Å². The minimum Gasteiger partial charge on any atom is -0.457 e.